The van der Waals surface area contributed by atoms with Crippen LogP contribution in [0.2, 0.25) is 0 Å². The summed E-state index contributed by atoms with van der Waals surface area (Å²) in [7, 11) is 0. The molecular weight excluding hydrogens is 268 g/mol. The predicted octanol–water partition coefficient (Wildman–Crippen LogP) is 3.42. The molecule has 3 rings (SSSR count). The van der Waals surface area contributed by atoms with E-state index in [2.05, 4.69) is 0 Å². The van der Waals surface area contributed by atoms with Crippen molar-refractivity contribution in [1.29, 1.82) is 0 Å². The molecule has 0 aliphatic carbocycles. The molecule has 0 saturated heterocycles. The second kappa shape index (κ2) is 5.48. The van der Waals surface area contributed by atoms with Crippen LogP contribution in [0.1, 0.15) is 27.0 Å². The fourth-order valence-corrected chi connectivity index (χ4v) is 2.38. The van der Waals surface area contributed by atoms with Crippen molar-refractivity contribution < 1.29 is 19.0 Å². The van der Waals surface area contributed by atoms with E-state index in [0.29, 0.717) is 29.4 Å². The largest absolute Gasteiger partial charge is 0.488 e. The molecule has 0 spiro atoms. The zero-order valence-electron chi connectivity index (χ0n) is 12.0. The van der Waals surface area contributed by atoms with Crippen molar-refractivity contribution in [2.24, 2.45) is 0 Å². The molecule has 4 heteroatoms. The molecule has 0 saturated carbocycles. The zero-order chi connectivity index (χ0) is 14.8. The minimum Gasteiger partial charge on any atom is -0.488 e. The molecule has 0 unspecified atom stereocenters. The van der Waals surface area contributed by atoms with Crippen molar-refractivity contribution in [2.45, 2.75) is 20.5 Å². The van der Waals surface area contributed by atoms with Gasteiger partial charge in [0, 0.05) is 6.07 Å². The van der Waals surface area contributed by atoms with E-state index in [1.807, 2.05) is 32.0 Å². The summed E-state index contributed by atoms with van der Waals surface area (Å²) in [6.07, 6.45) is 0.766. The second-order valence-corrected chi connectivity index (χ2v) is 5.02. The molecule has 0 fully saturated rings. The van der Waals surface area contributed by atoms with E-state index in [0.717, 1.165) is 11.8 Å². The topological polar surface area (TPSA) is 44.8 Å². The van der Waals surface area contributed by atoms with Crippen molar-refractivity contribution in [3.63, 3.8) is 0 Å². The summed E-state index contributed by atoms with van der Waals surface area (Å²) < 4.78 is 16.4. The summed E-state index contributed by atoms with van der Waals surface area (Å²) in [6, 6.07) is 9.47. The molecule has 0 bridgehead atoms. The van der Waals surface area contributed by atoms with Gasteiger partial charge in [-0.05, 0) is 36.6 Å². The molecule has 1 aliphatic rings. The maximum atomic E-state index is 11.2. The monoisotopic (exact) mass is 284 g/mol. The Bertz CT molecular complexity index is 671. The molecule has 0 aromatic heterocycles. The van der Waals surface area contributed by atoms with Gasteiger partial charge in [-0.25, -0.2) is 0 Å². The number of aryl methyl sites for hydroxylation is 2. The van der Waals surface area contributed by atoms with Gasteiger partial charge in [0.05, 0.1) is 5.56 Å². The maximum Gasteiger partial charge on any atom is 0.231 e. The van der Waals surface area contributed by atoms with Crippen LogP contribution in [-0.2, 0) is 6.61 Å². The molecule has 108 valence electrons. The molecule has 0 N–H and O–H groups in total. The first-order chi connectivity index (χ1) is 10.2. The van der Waals surface area contributed by atoms with Gasteiger partial charge < -0.3 is 14.2 Å². The molecule has 4 nitrogen and oxygen atoms in total. The van der Waals surface area contributed by atoms with Gasteiger partial charge in [0.15, 0.2) is 17.8 Å². The minimum absolute atomic E-state index is 0.175. The molecular formula is C17H16O4. The second-order valence-electron chi connectivity index (χ2n) is 5.02. The molecule has 0 radical (unpaired) electrons. The Morgan fingerprint density at radius 1 is 1.14 bits per heavy atom. The van der Waals surface area contributed by atoms with Gasteiger partial charge in [0.2, 0.25) is 6.79 Å². The highest BCUT2D eigenvalue weighted by Gasteiger charge is 2.18. The van der Waals surface area contributed by atoms with Gasteiger partial charge in [-0.2, -0.15) is 0 Å². The Balaban J connectivity index is 1.87. The Morgan fingerprint density at radius 2 is 1.81 bits per heavy atom. The Morgan fingerprint density at radius 3 is 2.48 bits per heavy atom. The minimum atomic E-state index is 0.175. The fraction of sp³-hybridized carbons (Fsp3) is 0.235. The first-order valence-electron chi connectivity index (χ1n) is 6.76. The van der Waals surface area contributed by atoms with Crippen LogP contribution >= 0.6 is 0 Å². The fourth-order valence-electron chi connectivity index (χ4n) is 2.38. The predicted molar refractivity (Wildman–Crippen MR) is 78.2 cm³/mol. The van der Waals surface area contributed by atoms with Crippen molar-refractivity contribution in [3.05, 3.63) is 52.6 Å². The third-order valence-corrected chi connectivity index (χ3v) is 3.65. The Labute approximate surface area is 123 Å². The quantitative estimate of drug-likeness (QED) is 0.807. The van der Waals surface area contributed by atoms with Crippen LogP contribution in [0.15, 0.2) is 30.3 Å². The number of hydrogen-bond donors (Lipinski definition) is 0. The maximum absolute atomic E-state index is 11.2. The number of carbonyl (C=O) groups is 1. The molecule has 0 amide bonds. The SMILES string of the molecule is Cc1cccc(C)c1COc1cc2c(cc1C=O)OCO2. The lowest BCUT2D eigenvalue weighted by Crippen LogP contribution is -2.02. The van der Waals surface area contributed by atoms with Crippen LogP contribution in [-0.4, -0.2) is 13.1 Å². The summed E-state index contributed by atoms with van der Waals surface area (Å²) >= 11 is 0. The molecule has 21 heavy (non-hydrogen) atoms. The van der Waals surface area contributed by atoms with Crippen molar-refractivity contribution >= 4 is 6.29 Å². The lowest BCUT2D eigenvalue weighted by atomic mass is 10.0. The van der Waals surface area contributed by atoms with Crippen molar-refractivity contribution in [3.8, 4) is 17.2 Å². The average molecular weight is 284 g/mol. The normalized spacial score (nSPS) is 12.3. The van der Waals surface area contributed by atoms with Crippen LogP contribution in [0.4, 0.5) is 0 Å². The van der Waals surface area contributed by atoms with Gasteiger partial charge >= 0.3 is 0 Å². The third-order valence-electron chi connectivity index (χ3n) is 3.65. The first-order valence-corrected chi connectivity index (χ1v) is 6.76. The first kappa shape index (κ1) is 13.5. The molecule has 2 aromatic rings. The summed E-state index contributed by atoms with van der Waals surface area (Å²) in [5.41, 5.74) is 3.93. The van der Waals surface area contributed by atoms with Crippen LogP contribution < -0.4 is 14.2 Å². The van der Waals surface area contributed by atoms with E-state index in [-0.39, 0.29) is 6.79 Å². The summed E-state index contributed by atoms with van der Waals surface area (Å²) in [6.45, 7) is 4.69. The van der Waals surface area contributed by atoms with Crippen LogP contribution in [0.25, 0.3) is 0 Å². The highest BCUT2D eigenvalue weighted by atomic mass is 16.7. The van der Waals surface area contributed by atoms with E-state index in [1.165, 1.54) is 11.1 Å². The number of ether oxygens (including phenoxy) is 3. The van der Waals surface area contributed by atoms with Crippen LogP contribution in [0, 0.1) is 13.8 Å². The summed E-state index contributed by atoms with van der Waals surface area (Å²) in [5.74, 6) is 1.70. The standard InChI is InChI=1S/C17H16O4/c1-11-4-3-5-12(2)14(11)9-19-15-7-17-16(20-10-21-17)6-13(15)8-18/h3-8H,9-10H2,1-2H3. The van der Waals surface area contributed by atoms with Crippen LogP contribution in [0.5, 0.6) is 17.2 Å². The van der Waals surface area contributed by atoms with E-state index in [9.17, 15) is 4.79 Å². The van der Waals surface area contributed by atoms with Gasteiger partial charge in [-0.3, -0.25) is 4.79 Å². The lowest BCUT2D eigenvalue weighted by Gasteiger charge is -2.13. The van der Waals surface area contributed by atoms with Gasteiger partial charge in [-0.1, -0.05) is 18.2 Å². The van der Waals surface area contributed by atoms with E-state index in [1.54, 1.807) is 12.1 Å². The highest BCUT2D eigenvalue weighted by Crippen LogP contribution is 2.37. The molecule has 1 aliphatic heterocycles. The summed E-state index contributed by atoms with van der Waals surface area (Å²) in [5, 5.41) is 0. The number of rotatable bonds is 4. The van der Waals surface area contributed by atoms with Gasteiger partial charge in [0.25, 0.3) is 0 Å². The number of fused-ring (bicyclic) bond motifs is 1. The van der Waals surface area contributed by atoms with Crippen molar-refractivity contribution in [2.75, 3.05) is 6.79 Å². The third kappa shape index (κ3) is 2.57. The molecule has 0 atom stereocenters. The highest BCUT2D eigenvalue weighted by molar-refractivity contribution is 5.81. The Kier molecular flexibility index (Phi) is 3.52. The number of hydrogen-bond acceptors (Lipinski definition) is 4. The summed E-state index contributed by atoms with van der Waals surface area (Å²) in [4.78, 5) is 11.2. The van der Waals surface area contributed by atoms with Crippen molar-refractivity contribution in [1.82, 2.24) is 0 Å². The van der Waals surface area contributed by atoms with E-state index < -0.39 is 0 Å². The van der Waals surface area contributed by atoms with E-state index in [4.69, 9.17) is 14.2 Å². The number of aldehydes is 1. The molecule has 2 aromatic carbocycles. The van der Waals surface area contributed by atoms with Crippen LogP contribution in [0.3, 0.4) is 0 Å². The van der Waals surface area contributed by atoms with Gasteiger partial charge in [-0.15, -0.1) is 0 Å². The smallest absolute Gasteiger partial charge is 0.231 e. The Hall–Kier alpha value is -2.49. The van der Waals surface area contributed by atoms with E-state index >= 15 is 0 Å². The average Bonchev–Trinajstić information content (AvgIpc) is 2.93. The van der Waals surface area contributed by atoms with Gasteiger partial charge in [0.1, 0.15) is 12.4 Å². The number of carbonyl (C=O) groups excluding carboxylic acids is 1. The molecule has 1 heterocycles. The zero-order valence-corrected chi connectivity index (χ0v) is 12.0. The number of benzene rings is 2. The lowest BCUT2D eigenvalue weighted by molar-refractivity contribution is 0.111.